The van der Waals surface area contributed by atoms with Crippen LogP contribution in [0.1, 0.15) is 32.1 Å². The molecule has 0 bridgehead atoms. The smallest absolute Gasteiger partial charge is 0.137 e. The molecule has 0 aromatic rings. The van der Waals surface area contributed by atoms with Crippen LogP contribution < -0.4 is 5.73 Å². The van der Waals surface area contributed by atoms with Crippen molar-refractivity contribution >= 4 is 0 Å². The van der Waals surface area contributed by atoms with E-state index in [0.29, 0.717) is 32.6 Å². The van der Waals surface area contributed by atoms with Crippen molar-refractivity contribution in [1.82, 2.24) is 0 Å². The van der Waals surface area contributed by atoms with E-state index in [2.05, 4.69) is 0 Å². The number of halogens is 1. The Morgan fingerprint density at radius 3 is 2.95 bits per heavy atom. The largest absolute Gasteiger partial charge is 0.381 e. The molecule has 0 saturated carbocycles. The summed E-state index contributed by atoms with van der Waals surface area (Å²) in [6, 6.07) is 0. The summed E-state index contributed by atoms with van der Waals surface area (Å²) < 4.78 is 31.7. The molecule has 0 amide bonds. The Kier molecular flexibility index (Phi) is 5.17. The maximum absolute atomic E-state index is 15.2. The first-order chi connectivity index (χ1) is 9.14. The van der Waals surface area contributed by atoms with Crippen LogP contribution >= 0.6 is 0 Å². The molecule has 0 radical (unpaired) electrons. The van der Waals surface area contributed by atoms with Crippen LogP contribution in [-0.4, -0.2) is 51.4 Å². The highest BCUT2D eigenvalue weighted by Gasteiger charge is 2.48. The first kappa shape index (κ1) is 15.2. The lowest BCUT2D eigenvalue weighted by Crippen LogP contribution is -2.49. The molecule has 5 heteroatoms. The van der Waals surface area contributed by atoms with Gasteiger partial charge in [0.1, 0.15) is 5.67 Å². The summed E-state index contributed by atoms with van der Waals surface area (Å²) >= 11 is 0. The van der Waals surface area contributed by atoms with Gasteiger partial charge in [-0.2, -0.15) is 0 Å². The van der Waals surface area contributed by atoms with E-state index in [-0.39, 0.29) is 18.1 Å². The Hall–Kier alpha value is -0.230. The van der Waals surface area contributed by atoms with Gasteiger partial charge >= 0.3 is 0 Å². The van der Waals surface area contributed by atoms with Crippen molar-refractivity contribution in [3.8, 4) is 0 Å². The third-order valence-electron chi connectivity index (χ3n) is 4.47. The summed E-state index contributed by atoms with van der Waals surface area (Å²) in [6.45, 7) is 2.61. The van der Waals surface area contributed by atoms with Crippen molar-refractivity contribution in [1.29, 1.82) is 0 Å². The van der Waals surface area contributed by atoms with E-state index < -0.39 is 5.67 Å². The Morgan fingerprint density at radius 1 is 1.47 bits per heavy atom. The number of rotatable bonds is 6. The lowest BCUT2D eigenvalue weighted by atomic mass is 9.74. The number of ether oxygens (including phenoxy) is 3. The first-order valence-corrected chi connectivity index (χ1v) is 7.24. The molecule has 19 heavy (non-hydrogen) atoms. The van der Waals surface area contributed by atoms with Gasteiger partial charge in [0.2, 0.25) is 0 Å². The fourth-order valence-corrected chi connectivity index (χ4v) is 3.36. The third kappa shape index (κ3) is 3.45. The van der Waals surface area contributed by atoms with Crippen LogP contribution in [0, 0.1) is 5.92 Å². The monoisotopic (exact) mass is 275 g/mol. The lowest BCUT2D eigenvalue weighted by molar-refractivity contribution is -0.136. The molecule has 3 atom stereocenters. The molecule has 2 heterocycles. The molecule has 0 aliphatic carbocycles. The van der Waals surface area contributed by atoms with Gasteiger partial charge in [-0.05, 0) is 32.2 Å². The van der Waals surface area contributed by atoms with Crippen molar-refractivity contribution in [2.75, 3.05) is 40.1 Å². The predicted molar refractivity (Wildman–Crippen MR) is 70.8 cm³/mol. The minimum Gasteiger partial charge on any atom is -0.381 e. The van der Waals surface area contributed by atoms with Gasteiger partial charge < -0.3 is 19.9 Å². The van der Waals surface area contributed by atoms with Crippen LogP contribution in [0.5, 0.6) is 0 Å². The van der Waals surface area contributed by atoms with Crippen molar-refractivity contribution in [2.45, 2.75) is 43.4 Å². The predicted octanol–water partition coefficient (Wildman–Crippen LogP) is 1.67. The summed E-state index contributed by atoms with van der Waals surface area (Å²) in [5.74, 6) is -0.0190. The van der Waals surface area contributed by atoms with E-state index in [1.54, 1.807) is 7.11 Å². The van der Waals surface area contributed by atoms with Crippen LogP contribution in [0.3, 0.4) is 0 Å². The summed E-state index contributed by atoms with van der Waals surface area (Å²) in [5, 5.41) is 0. The quantitative estimate of drug-likeness (QED) is 0.801. The Bertz CT molecular complexity index is 284. The molecule has 0 aromatic carbocycles. The maximum atomic E-state index is 15.2. The second-order valence-corrected chi connectivity index (χ2v) is 5.88. The topological polar surface area (TPSA) is 53.7 Å². The molecule has 2 fully saturated rings. The second-order valence-electron chi connectivity index (χ2n) is 5.88. The van der Waals surface area contributed by atoms with Gasteiger partial charge in [0.25, 0.3) is 0 Å². The molecule has 1 spiro atoms. The highest BCUT2D eigenvalue weighted by molar-refractivity contribution is 4.97. The van der Waals surface area contributed by atoms with Crippen molar-refractivity contribution in [3.05, 3.63) is 0 Å². The van der Waals surface area contributed by atoms with Gasteiger partial charge in [-0.25, -0.2) is 4.39 Å². The summed E-state index contributed by atoms with van der Waals surface area (Å²) in [7, 11) is 1.56. The SMILES string of the molecule is COCC(F)(CCCN)C1CCOC2(CCOC2)C1. The van der Waals surface area contributed by atoms with Crippen LogP contribution in [0.25, 0.3) is 0 Å². The Morgan fingerprint density at radius 2 is 2.32 bits per heavy atom. The number of hydrogen-bond acceptors (Lipinski definition) is 4. The Labute approximate surface area is 114 Å². The van der Waals surface area contributed by atoms with Gasteiger partial charge in [-0.15, -0.1) is 0 Å². The molecule has 2 rings (SSSR count). The van der Waals surface area contributed by atoms with E-state index in [1.165, 1.54) is 0 Å². The fourth-order valence-electron chi connectivity index (χ4n) is 3.36. The number of methoxy groups -OCH3 is 1. The molecular formula is C14H26FNO3. The number of nitrogens with two attached hydrogens (primary N) is 1. The highest BCUT2D eigenvalue weighted by Crippen LogP contribution is 2.43. The van der Waals surface area contributed by atoms with Crippen LogP contribution in [-0.2, 0) is 14.2 Å². The number of hydrogen-bond donors (Lipinski definition) is 1. The van der Waals surface area contributed by atoms with Gasteiger partial charge in [-0.3, -0.25) is 0 Å². The van der Waals surface area contributed by atoms with Crippen molar-refractivity contribution in [3.63, 3.8) is 0 Å². The molecule has 2 saturated heterocycles. The van der Waals surface area contributed by atoms with Crippen LogP contribution in [0.15, 0.2) is 0 Å². The van der Waals surface area contributed by atoms with E-state index >= 15 is 4.39 Å². The zero-order valence-electron chi connectivity index (χ0n) is 11.8. The normalized spacial score (nSPS) is 34.6. The average molecular weight is 275 g/mol. The molecule has 3 unspecified atom stereocenters. The average Bonchev–Trinajstić information content (AvgIpc) is 2.85. The zero-order valence-corrected chi connectivity index (χ0v) is 11.8. The highest BCUT2D eigenvalue weighted by atomic mass is 19.1. The minimum absolute atomic E-state index is 0.0190. The maximum Gasteiger partial charge on any atom is 0.137 e. The van der Waals surface area contributed by atoms with Crippen LogP contribution in [0.2, 0.25) is 0 Å². The van der Waals surface area contributed by atoms with Gasteiger partial charge in [0.05, 0.1) is 18.8 Å². The van der Waals surface area contributed by atoms with E-state index in [1.807, 2.05) is 0 Å². The summed E-state index contributed by atoms with van der Waals surface area (Å²) in [4.78, 5) is 0. The van der Waals surface area contributed by atoms with E-state index in [4.69, 9.17) is 19.9 Å². The third-order valence-corrected chi connectivity index (χ3v) is 4.47. The molecule has 112 valence electrons. The molecule has 2 N–H and O–H groups in total. The summed E-state index contributed by atoms with van der Waals surface area (Å²) in [5.41, 5.74) is 3.99. The van der Waals surface area contributed by atoms with E-state index in [0.717, 1.165) is 25.9 Å². The van der Waals surface area contributed by atoms with Crippen molar-refractivity contribution < 1.29 is 18.6 Å². The standard InChI is InChI=1S/C14H26FNO3/c1-17-11-14(15,4-2-6-16)12-3-7-19-13(9-12)5-8-18-10-13/h12H,2-11,16H2,1H3. The molecule has 2 aliphatic rings. The van der Waals surface area contributed by atoms with E-state index in [9.17, 15) is 0 Å². The zero-order chi connectivity index (χ0) is 13.8. The molecule has 0 aromatic heterocycles. The number of alkyl halides is 1. The van der Waals surface area contributed by atoms with Gasteiger partial charge in [0.15, 0.2) is 0 Å². The molecule has 2 aliphatic heterocycles. The summed E-state index contributed by atoms with van der Waals surface area (Å²) in [6.07, 6.45) is 3.53. The van der Waals surface area contributed by atoms with Gasteiger partial charge in [-0.1, -0.05) is 0 Å². The second kappa shape index (κ2) is 6.48. The minimum atomic E-state index is -1.28. The van der Waals surface area contributed by atoms with Crippen molar-refractivity contribution in [2.24, 2.45) is 11.7 Å². The molecular weight excluding hydrogens is 249 g/mol. The molecule has 4 nitrogen and oxygen atoms in total. The fraction of sp³-hybridized carbons (Fsp3) is 1.00. The Balaban J connectivity index is 2.03. The van der Waals surface area contributed by atoms with Gasteiger partial charge in [0, 0.05) is 32.7 Å². The first-order valence-electron chi connectivity index (χ1n) is 7.24. The lowest BCUT2D eigenvalue weighted by Gasteiger charge is -2.43. The van der Waals surface area contributed by atoms with Crippen LogP contribution in [0.4, 0.5) is 4.39 Å².